The van der Waals surface area contributed by atoms with Gasteiger partial charge in [0.2, 0.25) is 15.9 Å². The van der Waals surface area contributed by atoms with Crippen molar-refractivity contribution in [3.63, 3.8) is 0 Å². The Bertz CT molecular complexity index is 1030. The van der Waals surface area contributed by atoms with Crippen LogP contribution in [-0.2, 0) is 19.6 Å². The Kier molecular flexibility index (Phi) is 7.96. The van der Waals surface area contributed by atoms with Gasteiger partial charge in [-0.05, 0) is 68.1 Å². The number of sulfonamides is 1. The molecule has 0 atom stereocenters. The molecular formula is C21H27N3O5S. The van der Waals surface area contributed by atoms with Gasteiger partial charge in [-0.2, -0.15) is 0 Å². The zero-order valence-corrected chi connectivity index (χ0v) is 18.4. The largest absolute Gasteiger partial charge is 0.483 e. The standard InChI is InChI=1S/C21H27N3O5S/c1-14-5-6-16(3)19(11-14)29-13-21(26)24-23-20(25)9-10-22-30(27,28)18-8-7-15(2)17(4)12-18/h5-8,11-12,22H,9-10,13H2,1-4H3,(H,23,25)(H,24,26). The van der Waals surface area contributed by atoms with Gasteiger partial charge >= 0.3 is 0 Å². The Morgan fingerprint density at radius 1 is 0.867 bits per heavy atom. The first kappa shape index (κ1) is 23.4. The van der Waals surface area contributed by atoms with E-state index in [0.717, 1.165) is 22.3 Å². The molecule has 0 radical (unpaired) electrons. The van der Waals surface area contributed by atoms with E-state index in [2.05, 4.69) is 15.6 Å². The SMILES string of the molecule is Cc1ccc(C)c(OCC(=O)NNC(=O)CCNS(=O)(=O)c2ccc(C)c(C)c2)c1. The lowest BCUT2D eigenvalue weighted by Gasteiger charge is -2.11. The monoisotopic (exact) mass is 433 g/mol. The molecular weight excluding hydrogens is 406 g/mol. The third-order valence-electron chi connectivity index (χ3n) is 4.48. The molecule has 0 aromatic heterocycles. The molecule has 2 rings (SSSR count). The molecule has 2 amide bonds. The Balaban J connectivity index is 1.73. The second-order valence-corrected chi connectivity index (χ2v) is 8.81. The van der Waals surface area contributed by atoms with E-state index in [4.69, 9.17) is 4.74 Å². The molecule has 0 fully saturated rings. The van der Waals surface area contributed by atoms with Crippen LogP contribution in [0.25, 0.3) is 0 Å². The highest BCUT2D eigenvalue weighted by Gasteiger charge is 2.15. The second-order valence-electron chi connectivity index (χ2n) is 7.05. The lowest BCUT2D eigenvalue weighted by atomic mass is 10.1. The quantitative estimate of drug-likeness (QED) is 0.550. The maximum absolute atomic E-state index is 12.3. The van der Waals surface area contributed by atoms with Crippen molar-refractivity contribution < 1.29 is 22.7 Å². The Labute approximate surface area is 177 Å². The highest BCUT2D eigenvalue weighted by atomic mass is 32.2. The normalized spacial score (nSPS) is 11.1. The van der Waals surface area contributed by atoms with E-state index in [1.807, 2.05) is 45.9 Å². The highest BCUT2D eigenvalue weighted by molar-refractivity contribution is 7.89. The molecule has 0 saturated carbocycles. The van der Waals surface area contributed by atoms with Crippen LogP contribution < -0.4 is 20.3 Å². The van der Waals surface area contributed by atoms with E-state index in [1.165, 1.54) is 6.07 Å². The van der Waals surface area contributed by atoms with E-state index in [-0.39, 0.29) is 24.5 Å². The van der Waals surface area contributed by atoms with Crippen LogP contribution in [0.2, 0.25) is 0 Å². The molecule has 0 spiro atoms. The molecule has 3 N–H and O–H groups in total. The van der Waals surface area contributed by atoms with Gasteiger partial charge in [-0.3, -0.25) is 20.4 Å². The molecule has 30 heavy (non-hydrogen) atoms. The van der Waals surface area contributed by atoms with E-state index in [0.29, 0.717) is 5.75 Å². The summed E-state index contributed by atoms with van der Waals surface area (Å²) in [6.45, 7) is 7.15. The smallest absolute Gasteiger partial charge is 0.276 e. The van der Waals surface area contributed by atoms with Crippen LogP contribution >= 0.6 is 0 Å². The van der Waals surface area contributed by atoms with Gasteiger partial charge in [0.15, 0.2) is 6.61 Å². The second kappa shape index (κ2) is 10.2. The van der Waals surface area contributed by atoms with Gasteiger partial charge in [-0.1, -0.05) is 18.2 Å². The lowest BCUT2D eigenvalue weighted by molar-refractivity contribution is -0.129. The first-order valence-corrected chi connectivity index (χ1v) is 10.9. The molecule has 8 nitrogen and oxygen atoms in total. The van der Waals surface area contributed by atoms with E-state index >= 15 is 0 Å². The average molecular weight is 434 g/mol. The van der Waals surface area contributed by atoms with Crippen molar-refractivity contribution in [3.05, 3.63) is 58.7 Å². The molecule has 2 aromatic carbocycles. The molecule has 0 unspecified atom stereocenters. The summed E-state index contributed by atoms with van der Waals surface area (Å²) < 4.78 is 32.4. The van der Waals surface area contributed by atoms with Crippen LogP contribution in [0.15, 0.2) is 41.3 Å². The van der Waals surface area contributed by atoms with Crippen LogP contribution in [0.4, 0.5) is 0 Å². The Morgan fingerprint density at radius 3 is 2.23 bits per heavy atom. The molecule has 0 bridgehead atoms. The van der Waals surface area contributed by atoms with Crippen LogP contribution in [0.1, 0.15) is 28.7 Å². The van der Waals surface area contributed by atoms with Crippen molar-refractivity contribution in [2.45, 2.75) is 39.0 Å². The Morgan fingerprint density at radius 2 is 1.53 bits per heavy atom. The van der Waals surface area contributed by atoms with Crippen LogP contribution in [0, 0.1) is 27.7 Å². The first-order valence-electron chi connectivity index (χ1n) is 9.43. The van der Waals surface area contributed by atoms with Crippen molar-refractivity contribution in [1.82, 2.24) is 15.6 Å². The predicted octanol–water partition coefficient (Wildman–Crippen LogP) is 1.82. The van der Waals surface area contributed by atoms with Gasteiger partial charge in [0.25, 0.3) is 5.91 Å². The third-order valence-corrected chi connectivity index (χ3v) is 5.94. The minimum Gasteiger partial charge on any atom is -0.483 e. The molecule has 0 saturated heterocycles. The van der Waals surface area contributed by atoms with Crippen molar-refractivity contribution in [1.29, 1.82) is 0 Å². The summed E-state index contributed by atoms with van der Waals surface area (Å²) >= 11 is 0. The fourth-order valence-electron chi connectivity index (χ4n) is 2.51. The molecule has 0 aliphatic heterocycles. The van der Waals surface area contributed by atoms with Gasteiger partial charge in [-0.15, -0.1) is 0 Å². The number of aryl methyl sites for hydroxylation is 4. The van der Waals surface area contributed by atoms with Crippen LogP contribution in [0.5, 0.6) is 5.75 Å². The number of rotatable bonds is 8. The number of hydrazine groups is 1. The third kappa shape index (κ3) is 6.85. The minimum atomic E-state index is -3.71. The van der Waals surface area contributed by atoms with Crippen molar-refractivity contribution in [2.75, 3.05) is 13.2 Å². The molecule has 162 valence electrons. The molecule has 0 heterocycles. The van der Waals surface area contributed by atoms with Crippen molar-refractivity contribution in [3.8, 4) is 5.75 Å². The highest BCUT2D eigenvalue weighted by Crippen LogP contribution is 2.18. The summed E-state index contributed by atoms with van der Waals surface area (Å²) in [6, 6.07) is 10.5. The fourth-order valence-corrected chi connectivity index (χ4v) is 3.62. The average Bonchev–Trinajstić information content (AvgIpc) is 2.69. The fraction of sp³-hybridized carbons (Fsp3) is 0.333. The van der Waals surface area contributed by atoms with E-state index in [1.54, 1.807) is 12.1 Å². The number of benzene rings is 2. The topological polar surface area (TPSA) is 114 Å². The van der Waals surface area contributed by atoms with Crippen molar-refractivity contribution >= 4 is 21.8 Å². The molecule has 0 aliphatic rings. The van der Waals surface area contributed by atoms with E-state index in [9.17, 15) is 18.0 Å². The number of carbonyl (C=O) groups excluding carboxylic acids is 2. The van der Waals surface area contributed by atoms with Crippen molar-refractivity contribution in [2.24, 2.45) is 0 Å². The van der Waals surface area contributed by atoms with Gasteiger partial charge < -0.3 is 4.74 Å². The molecule has 9 heteroatoms. The molecule has 0 aliphatic carbocycles. The maximum Gasteiger partial charge on any atom is 0.276 e. The van der Waals surface area contributed by atoms with Crippen LogP contribution in [0.3, 0.4) is 0 Å². The summed E-state index contributed by atoms with van der Waals surface area (Å²) in [5.74, 6) is -0.463. The zero-order chi connectivity index (χ0) is 22.3. The number of hydrogen-bond donors (Lipinski definition) is 3. The van der Waals surface area contributed by atoms with Gasteiger partial charge in [0.05, 0.1) is 4.90 Å². The molecule has 2 aromatic rings. The number of carbonyl (C=O) groups is 2. The van der Waals surface area contributed by atoms with E-state index < -0.39 is 21.8 Å². The summed E-state index contributed by atoms with van der Waals surface area (Å²) in [7, 11) is -3.71. The zero-order valence-electron chi connectivity index (χ0n) is 17.5. The number of amides is 2. The van der Waals surface area contributed by atoms with Gasteiger partial charge in [0, 0.05) is 13.0 Å². The number of hydrogen-bond acceptors (Lipinski definition) is 5. The van der Waals surface area contributed by atoms with Crippen LogP contribution in [-0.4, -0.2) is 33.4 Å². The van der Waals surface area contributed by atoms with Gasteiger partial charge in [-0.25, -0.2) is 13.1 Å². The Hall–Kier alpha value is -2.91. The summed E-state index contributed by atoms with van der Waals surface area (Å²) in [5.41, 5.74) is 8.23. The summed E-state index contributed by atoms with van der Waals surface area (Å²) in [6.07, 6.45) is -0.137. The predicted molar refractivity (Wildman–Crippen MR) is 113 cm³/mol. The number of ether oxygens (including phenoxy) is 1. The van der Waals surface area contributed by atoms with Gasteiger partial charge in [0.1, 0.15) is 5.75 Å². The summed E-state index contributed by atoms with van der Waals surface area (Å²) in [5, 5.41) is 0. The summed E-state index contributed by atoms with van der Waals surface area (Å²) in [4.78, 5) is 23.8. The lowest BCUT2D eigenvalue weighted by Crippen LogP contribution is -2.44. The maximum atomic E-state index is 12.3. The minimum absolute atomic E-state index is 0.101. The first-order chi connectivity index (χ1) is 14.1. The number of nitrogens with one attached hydrogen (secondary N) is 3.